The molecule has 0 amide bonds. The van der Waals surface area contributed by atoms with Crippen molar-refractivity contribution in [1.29, 1.82) is 0 Å². The van der Waals surface area contributed by atoms with Gasteiger partial charge >= 0.3 is 0 Å². The summed E-state index contributed by atoms with van der Waals surface area (Å²) in [7, 11) is 0. The minimum absolute atomic E-state index is 0.270. The van der Waals surface area contributed by atoms with Crippen molar-refractivity contribution in [2.75, 3.05) is 6.54 Å². The van der Waals surface area contributed by atoms with Gasteiger partial charge in [-0.1, -0.05) is 25.9 Å². The molecule has 4 unspecified atom stereocenters. The number of aromatic nitrogens is 2. The third kappa shape index (κ3) is 3.56. The molecule has 1 aliphatic carbocycles. The van der Waals surface area contributed by atoms with Gasteiger partial charge in [-0.05, 0) is 45.1 Å². The Balaban J connectivity index is 1.96. The fourth-order valence-corrected chi connectivity index (χ4v) is 2.80. The molecule has 4 nitrogen and oxygen atoms in total. The monoisotopic (exact) mass is 265 g/mol. The van der Waals surface area contributed by atoms with E-state index in [2.05, 4.69) is 43.2 Å². The van der Waals surface area contributed by atoms with Crippen molar-refractivity contribution in [3.8, 4) is 0 Å². The van der Waals surface area contributed by atoms with Crippen molar-refractivity contribution in [3.05, 3.63) is 11.7 Å². The highest BCUT2D eigenvalue weighted by Gasteiger charge is 2.28. The summed E-state index contributed by atoms with van der Waals surface area (Å²) in [5, 5.41) is 7.69. The first-order chi connectivity index (χ1) is 9.11. The second-order valence-corrected chi connectivity index (χ2v) is 6.14. The van der Waals surface area contributed by atoms with Crippen LogP contribution in [0.25, 0.3) is 0 Å². The largest absolute Gasteiger partial charge is 0.339 e. The van der Waals surface area contributed by atoms with Gasteiger partial charge in [0, 0.05) is 12.0 Å². The van der Waals surface area contributed by atoms with Crippen molar-refractivity contribution >= 4 is 0 Å². The summed E-state index contributed by atoms with van der Waals surface area (Å²) in [4.78, 5) is 4.64. The van der Waals surface area contributed by atoms with Gasteiger partial charge in [-0.2, -0.15) is 4.98 Å². The molecular formula is C15H27N3O. The van der Waals surface area contributed by atoms with Crippen LogP contribution < -0.4 is 5.32 Å². The molecule has 108 valence electrons. The summed E-state index contributed by atoms with van der Waals surface area (Å²) >= 11 is 0. The molecule has 1 N–H and O–H groups in total. The Morgan fingerprint density at radius 2 is 2.16 bits per heavy atom. The van der Waals surface area contributed by atoms with Gasteiger partial charge < -0.3 is 9.84 Å². The number of rotatable bonds is 6. The average molecular weight is 265 g/mol. The topological polar surface area (TPSA) is 51.0 Å². The normalized spacial score (nSPS) is 26.5. The quantitative estimate of drug-likeness (QED) is 0.855. The van der Waals surface area contributed by atoms with E-state index in [0.717, 1.165) is 30.6 Å². The van der Waals surface area contributed by atoms with Gasteiger partial charge in [0.05, 0.1) is 5.92 Å². The number of hydrogen-bond donors (Lipinski definition) is 1. The molecule has 0 radical (unpaired) electrons. The molecule has 2 rings (SSSR count). The van der Waals surface area contributed by atoms with E-state index in [-0.39, 0.29) is 5.92 Å². The molecule has 4 heteroatoms. The van der Waals surface area contributed by atoms with Crippen LogP contribution in [0.1, 0.15) is 76.9 Å². The van der Waals surface area contributed by atoms with Crippen LogP contribution in [-0.4, -0.2) is 22.7 Å². The predicted octanol–water partition coefficient (Wildman–Crippen LogP) is 3.46. The SMILES string of the molecule is CCCNC(C)C(C)c1nc(C2CCC(C)C2)no1. The van der Waals surface area contributed by atoms with E-state index < -0.39 is 0 Å². The highest BCUT2D eigenvalue weighted by atomic mass is 16.5. The van der Waals surface area contributed by atoms with Crippen LogP contribution in [0.4, 0.5) is 0 Å². The minimum Gasteiger partial charge on any atom is -0.339 e. The van der Waals surface area contributed by atoms with E-state index in [0.29, 0.717) is 12.0 Å². The Morgan fingerprint density at radius 3 is 2.79 bits per heavy atom. The van der Waals surface area contributed by atoms with E-state index >= 15 is 0 Å². The average Bonchev–Trinajstić information content (AvgIpc) is 3.03. The van der Waals surface area contributed by atoms with Gasteiger partial charge in [-0.25, -0.2) is 0 Å². The van der Waals surface area contributed by atoms with Crippen molar-refractivity contribution in [1.82, 2.24) is 15.5 Å². The van der Waals surface area contributed by atoms with Crippen LogP contribution in [0.3, 0.4) is 0 Å². The number of hydrogen-bond acceptors (Lipinski definition) is 4. The Morgan fingerprint density at radius 1 is 1.37 bits per heavy atom. The Hall–Kier alpha value is -0.900. The smallest absolute Gasteiger partial charge is 0.231 e. The Kier molecular flexibility index (Phi) is 4.97. The van der Waals surface area contributed by atoms with Crippen LogP contribution in [0.5, 0.6) is 0 Å². The molecule has 0 saturated heterocycles. The highest BCUT2D eigenvalue weighted by molar-refractivity contribution is 5.02. The van der Waals surface area contributed by atoms with E-state index in [4.69, 9.17) is 4.52 Å². The molecule has 0 spiro atoms. The van der Waals surface area contributed by atoms with Crippen molar-refractivity contribution in [2.24, 2.45) is 5.92 Å². The summed E-state index contributed by atoms with van der Waals surface area (Å²) in [6.45, 7) is 9.85. The lowest BCUT2D eigenvalue weighted by Crippen LogP contribution is -2.31. The summed E-state index contributed by atoms with van der Waals surface area (Å²) in [5.41, 5.74) is 0. The first-order valence-corrected chi connectivity index (χ1v) is 7.68. The lowest BCUT2D eigenvalue weighted by atomic mass is 10.0. The lowest BCUT2D eigenvalue weighted by molar-refractivity contribution is 0.326. The lowest BCUT2D eigenvalue weighted by Gasteiger charge is -2.17. The van der Waals surface area contributed by atoms with Gasteiger partial charge in [-0.15, -0.1) is 0 Å². The van der Waals surface area contributed by atoms with E-state index in [1.807, 2.05) is 0 Å². The van der Waals surface area contributed by atoms with Gasteiger partial charge in [0.15, 0.2) is 5.82 Å². The molecule has 19 heavy (non-hydrogen) atoms. The molecule has 0 aromatic carbocycles. The summed E-state index contributed by atoms with van der Waals surface area (Å²) in [6, 6.07) is 0.371. The fourth-order valence-electron chi connectivity index (χ4n) is 2.80. The maximum atomic E-state index is 5.47. The molecule has 1 aliphatic rings. The van der Waals surface area contributed by atoms with Crippen LogP contribution in [0.15, 0.2) is 4.52 Å². The van der Waals surface area contributed by atoms with Gasteiger partial charge in [-0.3, -0.25) is 0 Å². The predicted molar refractivity (Wildman–Crippen MR) is 76.2 cm³/mol. The third-order valence-electron chi connectivity index (χ3n) is 4.37. The third-order valence-corrected chi connectivity index (χ3v) is 4.37. The van der Waals surface area contributed by atoms with Crippen molar-refractivity contribution < 1.29 is 4.52 Å². The molecular weight excluding hydrogens is 238 g/mol. The maximum absolute atomic E-state index is 5.47. The fraction of sp³-hybridized carbons (Fsp3) is 0.867. The standard InChI is InChI=1S/C15H27N3O/c1-5-8-16-12(4)11(3)15-17-14(18-19-15)13-7-6-10(2)9-13/h10-13,16H,5-9H2,1-4H3. The van der Waals surface area contributed by atoms with Gasteiger partial charge in [0.2, 0.25) is 5.89 Å². The molecule has 4 atom stereocenters. The van der Waals surface area contributed by atoms with E-state index in [1.165, 1.54) is 19.3 Å². The summed E-state index contributed by atoms with van der Waals surface area (Å²) in [6.07, 6.45) is 4.85. The minimum atomic E-state index is 0.270. The van der Waals surface area contributed by atoms with E-state index in [9.17, 15) is 0 Å². The molecule has 0 bridgehead atoms. The number of nitrogens with one attached hydrogen (secondary N) is 1. The van der Waals surface area contributed by atoms with Crippen LogP contribution in [0.2, 0.25) is 0 Å². The first-order valence-electron chi connectivity index (χ1n) is 7.68. The number of nitrogens with zero attached hydrogens (tertiary/aromatic N) is 2. The van der Waals surface area contributed by atoms with Crippen LogP contribution >= 0.6 is 0 Å². The molecule has 1 heterocycles. The highest BCUT2D eigenvalue weighted by Crippen LogP contribution is 2.36. The molecule has 0 aliphatic heterocycles. The zero-order valence-corrected chi connectivity index (χ0v) is 12.6. The second kappa shape index (κ2) is 6.51. The molecule has 1 fully saturated rings. The van der Waals surface area contributed by atoms with E-state index in [1.54, 1.807) is 0 Å². The molecule has 1 aromatic rings. The zero-order chi connectivity index (χ0) is 13.8. The first kappa shape index (κ1) is 14.5. The van der Waals surface area contributed by atoms with Gasteiger partial charge in [0.25, 0.3) is 0 Å². The second-order valence-electron chi connectivity index (χ2n) is 6.14. The summed E-state index contributed by atoms with van der Waals surface area (Å²) in [5.74, 6) is 3.29. The van der Waals surface area contributed by atoms with Crippen LogP contribution in [0, 0.1) is 5.92 Å². The van der Waals surface area contributed by atoms with Crippen molar-refractivity contribution in [3.63, 3.8) is 0 Å². The van der Waals surface area contributed by atoms with Gasteiger partial charge in [0.1, 0.15) is 0 Å². The Labute approximate surface area is 116 Å². The van der Waals surface area contributed by atoms with Crippen molar-refractivity contribution in [2.45, 2.75) is 71.3 Å². The zero-order valence-electron chi connectivity index (χ0n) is 12.6. The maximum Gasteiger partial charge on any atom is 0.231 e. The summed E-state index contributed by atoms with van der Waals surface area (Å²) < 4.78 is 5.47. The Bertz CT molecular complexity index is 390. The van der Waals surface area contributed by atoms with Crippen LogP contribution in [-0.2, 0) is 0 Å². The molecule has 1 saturated carbocycles. The molecule has 1 aromatic heterocycles.